The topological polar surface area (TPSA) is 54.5 Å². The molecule has 1 amide bonds. The number of rotatable bonds is 9. The van der Waals surface area contributed by atoms with Crippen molar-refractivity contribution >= 4 is 35.1 Å². The number of sulfonamides is 1. The van der Waals surface area contributed by atoms with E-state index in [1.807, 2.05) is 0 Å². The van der Waals surface area contributed by atoms with E-state index < -0.39 is 10.0 Å². The zero-order valence-electron chi connectivity index (χ0n) is 10.8. The van der Waals surface area contributed by atoms with Crippen LogP contribution in [-0.4, -0.2) is 31.0 Å². The Morgan fingerprint density at radius 2 is 1.89 bits per heavy atom. The molecule has 0 aromatic carbocycles. The first kappa shape index (κ1) is 15.9. The number of carbonyl (C=O) groups excluding carboxylic acids is 1. The first-order valence-corrected chi connectivity index (χ1v) is 8.69. The van der Waals surface area contributed by atoms with Crippen molar-refractivity contribution in [1.29, 1.82) is 0 Å². The average Bonchev–Trinajstić information content (AvgIpc) is 3.12. The van der Waals surface area contributed by atoms with Crippen LogP contribution in [0.15, 0.2) is 0 Å². The molecule has 0 aliphatic heterocycles. The van der Waals surface area contributed by atoms with Gasteiger partial charge in [0.1, 0.15) is 0 Å². The lowest BCUT2D eigenvalue weighted by Gasteiger charge is -2.19. The van der Waals surface area contributed by atoms with E-state index in [0.717, 1.165) is 49.4 Å². The van der Waals surface area contributed by atoms with Gasteiger partial charge in [-0.1, -0.05) is 32.6 Å². The van der Waals surface area contributed by atoms with Gasteiger partial charge in [-0.2, -0.15) is 0 Å². The molecule has 4 nitrogen and oxygen atoms in total. The predicted molar refractivity (Wildman–Crippen MR) is 76.9 cm³/mol. The maximum absolute atomic E-state index is 12.0. The molecule has 1 saturated carbocycles. The summed E-state index contributed by atoms with van der Waals surface area (Å²) in [5.41, 5.74) is 0. The van der Waals surface area contributed by atoms with Gasteiger partial charge >= 0.3 is 6.69 Å². The molecular weight excluding hydrogens is 269 g/mol. The van der Waals surface area contributed by atoms with Gasteiger partial charge in [-0.25, -0.2) is 20.9 Å². The molecule has 7 heteroatoms. The summed E-state index contributed by atoms with van der Waals surface area (Å²) in [5.74, 6) is -0.395. The van der Waals surface area contributed by atoms with Gasteiger partial charge in [-0.3, -0.25) is 9.01 Å². The minimum atomic E-state index is -3.51. The third-order valence-corrected chi connectivity index (χ3v) is 5.13. The van der Waals surface area contributed by atoms with Crippen LogP contribution in [0.2, 0.25) is 0 Å². The van der Waals surface area contributed by atoms with Crippen molar-refractivity contribution in [3.8, 4) is 0 Å². The highest BCUT2D eigenvalue weighted by Crippen LogP contribution is 2.31. The van der Waals surface area contributed by atoms with Crippen LogP contribution in [0.5, 0.6) is 0 Å². The SMILES string of the molecule is CCCCCCCS(=O)(=O)N([B]S)C(=O)C1CC1. The molecule has 1 aliphatic rings. The van der Waals surface area contributed by atoms with Crippen molar-refractivity contribution in [2.75, 3.05) is 5.75 Å². The summed E-state index contributed by atoms with van der Waals surface area (Å²) in [6.07, 6.45) is 6.40. The maximum atomic E-state index is 12.0. The van der Waals surface area contributed by atoms with Crippen LogP contribution < -0.4 is 0 Å². The molecule has 103 valence electrons. The summed E-state index contributed by atoms with van der Waals surface area (Å²) < 4.78 is 24.8. The molecule has 0 aromatic rings. The molecule has 0 spiro atoms. The summed E-state index contributed by atoms with van der Waals surface area (Å²) in [4.78, 5) is 11.8. The molecule has 0 N–H and O–H groups in total. The van der Waals surface area contributed by atoms with Crippen LogP contribution in [0.1, 0.15) is 51.9 Å². The van der Waals surface area contributed by atoms with Gasteiger partial charge in [0.25, 0.3) is 0 Å². The Balaban J connectivity index is 2.41. The molecule has 0 saturated heterocycles. The van der Waals surface area contributed by atoms with Crippen molar-refractivity contribution in [3.63, 3.8) is 0 Å². The predicted octanol–water partition coefficient (Wildman–Crippen LogP) is 1.99. The first-order valence-electron chi connectivity index (χ1n) is 6.56. The number of thiol groups is 1. The number of hydrogen-bond acceptors (Lipinski definition) is 4. The minimum Gasteiger partial charge on any atom is -0.278 e. The van der Waals surface area contributed by atoms with Crippen molar-refractivity contribution in [2.45, 2.75) is 51.9 Å². The Morgan fingerprint density at radius 1 is 1.28 bits per heavy atom. The lowest BCUT2D eigenvalue weighted by atomic mass is 10.2. The fourth-order valence-corrected chi connectivity index (χ4v) is 3.64. The van der Waals surface area contributed by atoms with Crippen LogP contribution >= 0.6 is 12.5 Å². The summed E-state index contributed by atoms with van der Waals surface area (Å²) in [7, 11) is -3.51. The summed E-state index contributed by atoms with van der Waals surface area (Å²) in [5, 5.41) is 0. The van der Waals surface area contributed by atoms with E-state index in [-0.39, 0.29) is 17.6 Å². The molecule has 0 unspecified atom stereocenters. The van der Waals surface area contributed by atoms with E-state index in [1.165, 1.54) is 0 Å². The number of unbranched alkanes of at least 4 members (excludes halogenated alkanes) is 4. The normalized spacial score (nSPS) is 15.4. The second-order valence-corrected chi connectivity index (χ2v) is 6.95. The number of nitrogens with zero attached hydrogens (tertiary/aromatic N) is 1. The molecule has 1 radical (unpaired) electrons. The van der Waals surface area contributed by atoms with Crippen LogP contribution in [0.4, 0.5) is 0 Å². The van der Waals surface area contributed by atoms with Crippen molar-refractivity contribution in [3.05, 3.63) is 0 Å². The third kappa shape index (κ3) is 4.84. The smallest absolute Gasteiger partial charge is 0.278 e. The molecule has 1 rings (SSSR count). The molecule has 0 heterocycles. The number of hydrogen-bond donors (Lipinski definition) is 1. The second kappa shape index (κ2) is 7.43. The van der Waals surface area contributed by atoms with Crippen molar-refractivity contribution in [1.82, 2.24) is 4.22 Å². The molecule has 0 aromatic heterocycles. The lowest BCUT2D eigenvalue weighted by molar-refractivity contribution is -0.124. The summed E-state index contributed by atoms with van der Waals surface area (Å²) >= 11 is 3.85. The Bertz CT molecular complexity index is 368. The number of amides is 1. The van der Waals surface area contributed by atoms with E-state index in [0.29, 0.717) is 6.42 Å². The van der Waals surface area contributed by atoms with Gasteiger partial charge in [0.2, 0.25) is 15.9 Å². The molecule has 0 atom stereocenters. The maximum Gasteiger partial charge on any atom is 0.345 e. The van der Waals surface area contributed by atoms with Crippen molar-refractivity contribution in [2.24, 2.45) is 5.92 Å². The number of carbonyl (C=O) groups is 1. The Morgan fingerprint density at radius 3 is 2.39 bits per heavy atom. The fourth-order valence-electron chi connectivity index (χ4n) is 1.76. The van der Waals surface area contributed by atoms with E-state index in [9.17, 15) is 13.2 Å². The van der Waals surface area contributed by atoms with E-state index in [2.05, 4.69) is 19.4 Å². The second-order valence-electron chi connectivity index (χ2n) is 4.75. The average molecular weight is 290 g/mol. The van der Waals surface area contributed by atoms with Crippen LogP contribution in [0.25, 0.3) is 0 Å². The highest BCUT2D eigenvalue weighted by Gasteiger charge is 2.37. The lowest BCUT2D eigenvalue weighted by Crippen LogP contribution is -2.40. The van der Waals surface area contributed by atoms with Gasteiger partial charge in [0.15, 0.2) is 0 Å². The minimum absolute atomic E-state index is 0.0340. The Kier molecular flexibility index (Phi) is 6.56. The largest absolute Gasteiger partial charge is 0.345 e. The van der Waals surface area contributed by atoms with Gasteiger partial charge in [-0.15, -0.1) is 0 Å². The molecule has 0 bridgehead atoms. The van der Waals surface area contributed by atoms with Gasteiger partial charge in [0.05, 0.1) is 5.75 Å². The Hall–Kier alpha value is -0.165. The van der Waals surface area contributed by atoms with E-state index >= 15 is 0 Å². The zero-order chi connectivity index (χ0) is 13.6. The molecule has 1 fully saturated rings. The van der Waals surface area contributed by atoms with E-state index in [1.54, 1.807) is 0 Å². The Labute approximate surface area is 116 Å². The third-order valence-electron chi connectivity index (χ3n) is 3.05. The monoisotopic (exact) mass is 290 g/mol. The summed E-state index contributed by atoms with van der Waals surface area (Å²) in [6, 6.07) is 0. The standard InChI is InChI=1S/C11H21BNO3S2/c1-2-3-4-5-6-9-18(15,16)13(12-17)11(14)10-7-8-10/h10,17H,2-9H2,1H3. The van der Waals surface area contributed by atoms with Gasteiger partial charge in [0, 0.05) is 5.92 Å². The molecule has 18 heavy (non-hydrogen) atoms. The van der Waals surface area contributed by atoms with Gasteiger partial charge < -0.3 is 0 Å². The zero-order valence-corrected chi connectivity index (χ0v) is 12.5. The summed E-state index contributed by atoms with van der Waals surface area (Å²) in [6.45, 7) is 3.20. The quantitative estimate of drug-likeness (QED) is 0.401. The van der Waals surface area contributed by atoms with E-state index in [4.69, 9.17) is 0 Å². The fraction of sp³-hybridized carbons (Fsp3) is 0.909. The van der Waals surface area contributed by atoms with Crippen molar-refractivity contribution < 1.29 is 13.2 Å². The molecule has 1 aliphatic carbocycles. The molecular formula is C11H21BNO3S2. The highest BCUT2D eigenvalue weighted by atomic mass is 32.2. The highest BCUT2D eigenvalue weighted by molar-refractivity contribution is 8.09. The van der Waals surface area contributed by atoms with Crippen LogP contribution in [0, 0.1) is 5.92 Å². The van der Waals surface area contributed by atoms with Gasteiger partial charge in [-0.05, 0) is 19.3 Å². The van der Waals surface area contributed by atoms with Crippen LogP contribution in [-0.2, 0) is 14.8 Å². The first-order chi connectivity index (χ1) is 8.53. The van der Waals surface area contributed by atoms with Crippen LogP contribution in [0.3, 0.4) is 0 Å².